The van der Waals surface area contributed by atoms with Gasteiger partial charge in [0.1, 0.15) is 0 Å². The van der Waals surface area contributed by atoms with E-state index in [1.165, 1.54) is 0 Å². The average Bonchev–Trinajstić information content (AvgIpc) is 2.18. The Bertz CT molecular complexity index is 289. The summed E-state index contributed by atoms with van der Waals surface area (Å²) >= 11 is 0. The fourth-order valence-corrected chi connectivity index (χ4v) is 3.86. The normalized spacial score (nSPS) is 29.3. The van der Waals surface area contributed by atoms with Gasteiger partial charge in [-0.25, -0.2) is 8.42 Å². The minimum Gasteiger partial charge on any atom is -0.396 e. The third-order valence-electron chi connectivity index (χ3n) is 2.98. The summed E-state index contributed by atoms with van der Waals surface area (Å²) in [5, 5.41) is 8.66. The number of aliphatic hydroxyl groups is 1. The van der Waals surface area contributed by atoms with Gasteiger partial charge >= 0.3 is 0 Å². The highest BCUT2D eigenvalue weighted by Gasteiger charge is 2.31. The summed E-state index contributed by atoms with van der Waals surface area (Å²) in [7, 11) is -3.15. The molecular weight excluding hydrogens is 214 g/mol. The smallest absolute Gasteiger partial charge is 0.214 e. The molecule has 0 aliphatic carbocycles. The van der Waals surface area contributed by atoms with E-state index in [-0.39, 0.29) is 18.4 Å². The van der Waals surface area contributed by atoms with Gasteiger partial charge in [0.05, 0.1) is 5.75 Å². The Labute approximate surface area is 92.3 Å². The molecule has 0 aromatic carbocycles. The molecule has 0 spiro atoms. The Balaban J connectivity index is 2.67. The number of hydrogen-bond donors (Lipinski definition) is 1. The summed E-state index contributed by atoms with van der Waals surface area (Å²) in [5.74, 6) is 0.519. The standard InChI is InChI=1S/C10H21NO3S/c1-9-4-5-10(2)11(8-9)15(13,14)7-3-6-12/h9-10,12H,3-8H2,1-2H3. The van der Waals surface area contributed by atoms with Crippen LogP contribution in [0.3, 0.4) is 0 Å². The maximum atomic E-state index is 11.9. The summed E-state index contributed by atoms with van der Waals surface area (Å²) in [6, 6.07) is 0.116. The van der Waals surface area contributed by atoms with Gasteiger partial charge in [0.15, 0.2) is 0 Å². The predicted octanol–water partition coefficient (Wildman–Crippen LogP) is 0.819. The number of piperidine rings is 1. The Morgan fingerprint density at radius 1 is 1.33 bits per heavy atom. The third kappa shape index (κ3) is 3.43. The van der Waals surface area contributed by atoms with Crippen LogP contribution >= 0.6 is 0 Å². The van der Waals surface area contributed by atoms with Crippen LogP contribution in [-0.4, -0.2) is 42.8 Å². The minimum absolute atomic E-state index is 0.0585. The van der Waals surface area contributed by atoms with E-state index in [1.54, 1.807) is 4.31 Å². The van der Waals surface area contributed by atoms with E-state index >= 15 is 0 Å². The number of nitrogens with zero attached hydrogens (tertiary/aromatic N) is 1. The molecule has 1 fully saturated rings. The van der Waals surface area contributed by atoms with Gasteiger partial charge in [0.2, 0.25) is 10.0 Å². The first-order chi connectivity index (χ1) is 6.97. The van der Waals surface area contributed by atoms with Crippen LogP contribution in [0.1, 0.15) is 33.1 Å². The highest BCUT2D eigenvalue weighted by Crippen LogP contribution is 2.24. The van der Waals surface area contributed by atoms with Gasteiger partial charge < -0.3 is 5.11 Å². The molecule has 0 aromatic heterocycles. The molecule has 0 bridgehead atoms. The Morgan fingerprint density at radius 2 is 2.00 bits per heavy atom. The van der Waals surface area contributed by atoms with E-state index in [1.807, 2.05) is 6.92 Å². The van der Waals surface area contributed by atoms with Crippen molar-refractivity contribution in [2.45, 2.75) is 39.2 Å². The van der Waals surface area contributed by atoms with Gasteiger partial charge in [-0.2, -0.15) is 4.31 Å². The number of rotatable bonds is 4. The van der Waals surface area contributed by atoms with Crippen molar-refractivity contribution in [2.75, 3.05) is 18.9 Å². The maximum absolute atomic E-state index is 11.9. The monoisotopic (exact) mass is 235 g/mol. The molecule has 1 aliphatic rings. The maximum Gasteiger partial charge on any atom is 0.214 e. The Morgan fingerprint density at radius 3 is 2.60 bits per heavy atom. The highest BCUT2D eigenvalue weighted by molar-refractivity contribution is 7.89. The molecule has 5 heteroatoms. The molecule has 0 saturated carbocycles. The SMILES string of the molecule is CC1CCC(C)N(S(=O)(=O)CCCO)C1. The largest absolute Gasteiger partial charge is 0.396 e. The van der Waals surface area contributed by atoms with Gasteiger partial charge in [0, 0.05) is 19.2 Å². The van der Waals surface area contributed by atoms with E-state index in [0.717, 1.165) is 12.8 Å². The van der Waals surface area contributed by atoms with Crippen molar-refractivity contribution in [1.29, 1.82) is 0 Å². The van der Waals surface area contributed by atoms with Crippen LogP contribution in [0.2, 0.25) is 0 Å². The lowest BCUT2D eigenvalue weighted by molar-refractivity contribution is 0.217. The molecule has 1 heterocycles. The van der Waals surface area contributed by atoms with Crippen LogP contribution in [0.15, 0.2) is 0 Å². The van der Waals surface area contributed by atoms with E-state index < -0.39 is 10.0 Å². The zero-order valence-electron chi connectivity index (χ0n) is 9.52. The van der Waals surface area contributed by atoms with E-state index in [0.29, 0.717) is 18.9 Å². The van der Waals surface area contributed by atoms with E-state index in [4.69, 9.17) is 5.11 Å². The first-order valence-electron chi connectivity index (χ1n) is 5.57. The van der Waals surface area contributed by atoms with Gasteiger partial charge in [-0.05, 0) is 32.1 Å². The van der Waals surface area contributed by atoms with Crippen molar-refractivity contribution in [3.63, 3.8) is 0 Å². The predicted molar refractivity (Wildman–Crippen MR) is 60.1 cm³/mol. The van der Waals surface area contributed by atoms with Crippen molar-refractivity contribution in [2.24, 2.45) is 5.92 Å². The number of sulfonamides is 1. The molecule has 1 saturated heterocycles. The van der Waals surface area contributed by atoms with Crippen LogP contribution in [0.4, 0.5) is 0 Å². The summed E-state index contributed by atoms with van der Waals surface area (Å²) in [6.07, 6.45) is 2.38. The second kappa shape index (κ2) is 5.27. The Kier molecular flexibility index (Phi) is 4.55. The summed E-state index contributed by atoms with van der Waals surface area (Å²) in [6.45, 7) is 4.62. The molecule has 0 aromatic rings. The van der Waals surface area contributed by atoms with Crippen molar-refractivity contribution in [3.8, 4) is 0 Å². The van der Waals surface area contributed by atoms with Gasteiger partial charge in [-0.1, -0.05) is 6.92 Å². The van der Waals surface area contributed by atoms with Crippen LogP contribution < -0.4 is 0 Å². The summed E-state index contributed by atoms with van der Waals surface area (Å²) in [4.78, 5) is 0. The average molecular weight is 235 g/mol. The van der Waals surface area contributed by atoms with Gasteiger partial charge in [0.25, 0.3) is 0 Å². The fourth-order valence-electron chi connectivity index (χ4n) is 2.00. The van der Waals surface area contributed by atoms with Gasteiger partial charge in [-0.15, -0.1) is 0 Å². The van der Waals surface area contributed by atoms with Crippen molar-refractivity contribution < 1.29 is 13.5 Å². The van der Waals surface area contributed by atoms with Crippen molar-refractivity contribution in [3.05, 3.63) is 0 Å². The van der Waals surface area contributed by atoms with Crippen LogP contribution in [-0.2, 0) is 10.0 Å². The van der Waals surface area contributed by atoms with Crippen LogP contribution in [0.25, 0.3) is 0 Å². The molecule has 4 nitrogen and oxygen atoms in total. The topological polar surface area (TPSA) is 57.6 Å². The first-order valence-corrected chi connectivity index (χ1v) is 7.18. The van der Waals surface area contributed by atoms with E-state index in [9.17, 15) is 8.42 Å². The summed E-state index contributed by atoms with van der Waals surface area (Å²) in [5.41, 5.74) is 0. The first kappa shape index (κ1) is 12.9. The molecule has 1 N–H and O–H groups in total. The fraction of sp³-hybridized carbons (Fsp3) is 1.00. The quantitative estimate of drug-likeness (QED) is 0.785. The zero-order valence-corrected chi connectivity index (χ0v) is 10.3. The van der Waals surface area contributed by atoms with Gasteiger partial charge in [-0.3, -0.25) is 0 Å². The number of aliphatic hydroxyl groups excluding tert-OH is 1. The molecule has 1 aliphatic heterocycles. The lowest BCUT2D eigenvalue weighted by atomic mass is 9.97. The molecule has 90 valence electrons. The van der Waals surface area contributed by atoms with Crippen LogP contribution in [0.5, 0.6) is 0 Å². The summed E-state index contributed by atoms with van der Waals surface area (Å²) < 4.78 is 25.4. The molecule has 2 unspecified atom stereocenters. The minimum atomic E-state index is -3.15. The number of hydrogen-bond acceptors (Lipinski definition) is 3. The lowest BCUT2D eigenvalue weighted by Crippen LogP contribution is -2.45. The second-order valence-corrected chi connectivity index (χ2v) is 6.54. The molecule has 1 rings (SSSR count). The second-order valence-electron chi connectivity index (χ2n) is 4.49. The lowest BCUT2D eigenvalue weighted by Gasteiger charge is -2.35. The molecular formula is C10H21NO3S. The van der Waals surface area contributed by atoms with Crippen molar-refractivity contribution in [1.82, 2.24) is 4.31 Å². The Hall–Kier alpha value is -0.130. The molecule has 0 amide bonds. The highest BCUT2D eigenvalue weighted by atomic mass is 32.2. The molecule has 15 heavy (non-hydrogen) atoms. The zero-order chi connectivity index (χ0) is 11.5. The third-order valence-corrected chi connectivity index (χ3v) is 5.01. The van der Waals surface area contributed by atoms with E-state index in [2.05, 4.69) is 6.92 Å². The molecule has 0 radical (unpaired) electrons. The van der Waals surface area contributed by atoms with Crippen LogP contribution in [0, 0.1) is 5.92 Å². The molecule has 2 atom stereocenters. The van der Waals surface area contributed by atoms with Crippen molar-refractivity contribution >= 4 is 10.0 Å².